The fraction of sp³-hybridized carbons (Fsp3) is 0.909. The zero-order chi connectivity index (χ0) is 11.9. The van der Waals surface area contributed by atoms with Crippen LogP contribution in [0.1, 0.15) is 26.2 Å². The van der Waals surface area contributed by atoms with Gasteiger partial charge in [-0.05, 0) is 26.3 Å². The van der Waals surface area contributed by atoms with Gasteiger partial charge in [0.25, 0.3) is 0 Å². The predicted molar refractivity (Wildman–Crippen MR) is 61.2 cm³/mol. The van der Waals surface area contributed by atoms with Gasteiger partial charge < -0.3 is 20.5 Å². The summed E-state index contributed by atoms with van der Waals surface area (Å²) in [7, 11) is 0. The zero-order valence-electron chi connectivity index (χ0n) is 9.92. The van der Waals surface area contributed by atoms with E-state index in [0.29, 0.717) is 39.1 Å². The van der Waals surface area contributed by atoms with E-state index >= 15 is 0 Å². The number of hydrogen-bond donors (Lipinski definition) is 3. The van der Waals surface area contributed by atoms with E-state index in [4.69, 9.17) is 4.74 Å². The quantitative estimate of drug-likeness (QED) is 0.523. The Balaban J connectivity index is 2.05. The molecular weight excluding hydrogens is 208 g/mol. The van der Waals surface area contributed by atoms with Crippen LogP contribution in [0.15, 0.2) is 0 Å². The molecule has 1 saturated heterocycles. The molecule has 3 N–H and O–H groups in total. The highest BCUT2D eigenvalue weighted by Gasteiger charge is 2.30. The summed E-state index contributed by atoms with van der Waals surface area (Å²) in [6.07, 6.45) is 1.89. The number of rotatable bonds is 7. The Morgan fingerprint density at radius 1 is 1.62 bits per heavy atom. The summed E-state index contributed by atoms with van der Waals surface area (Å²) >= 11 is 0. The number of amides is 1. The number of hydrogen-bond acceptors (Lipinski definition) is 4. The number of carbonyl (C=O) groups excluding carboxylic acids is 1. The Bertz CT molecular complexity index is 215. The third-order valence-electron chi connectivity index (χ3n) is 2.73. The normalized spacial score (nSPS) is 24.6. The molecule has 1 heterocycles. The Morgan fingerprint density at radius 3 is 3.06 bits per heavy atom. The average Bonchev–Trinajstić information content (AvgIpc) is 2.70. The first kappa shape index (κ1) is 13.4. The zero-order valence-corrected chi connectivity index (χ0v) is 9.92. The monoisotopic (exact) mass is 230 g/mol. The molecule has 0 aromatic rings. The highest BCUT2D eigenvalue weighted by molar-refractivity contribution is 5.75. The minimum absolute atomic E-state index is 0.0139. The lowest BCUT2D eigenvalue weighted by Gasteiger charge is -2.21. The molecule has 1 unspecified atom stereocenters. The highest BCUT2D eigenvalue weighted by atomic mass is 16.5. The van der Waals surface area contributed by atoms with Crippen LogP contribution in [0.25, 0.3) is 0 Å². The first-order valence-corrected chi connectivity index (χ1v) is 5.94. The van der Waals surface area contributed by atoms with E-state index in [0.717, 1.165) is 13.0 Å². The lowest BCUT2D eigenvalue weighted by Crippen LogP contribution is -2.44. The molecule has 1 amide bonds. The lowest BCUT2D eigenvalue weighted by molar-refractivity contribution is -0.122. The molecule has 1 rings (SSSR count). The van der Waals surface area contributed by atoms with E-state index in [1.165, 1.54) is 0 Å². The minimum atomic E-state index is -0.754. The minimum Gasteiger partial charge on any atom is -0.387 e. The van der Waals surface area contributed by atoms with Gasteiger partial charge in [0.15, 0.2) is 0 Å². The standard InChI is InChI=1S/C11H22N2O3/c1-2-16-7-3-4-10(14)13-9-11(15)5-6-12-8-11/h12,15H,2-9H2,1H3,(H,13,14). The molecule has 0 aliphatic carbocycles. The maximum Gasteiger partial charge on any atom is 0.220 e. The number of carbonyl (C=O) groups is 1. The third kappa shape index (κ3) is 4.92. The van der Waals surface area contributed by atoms with E-state index in [1.54, 1.807) is 0 Å². The predicted octanol–water partition coefficient (Wildman–Crippen LogP) is -0.356. The fourth-order valence-corrected chi connectivity index (χ4v) is 1.71. The van der Waals surface area contributed by atoms with Crippen LogP contribution in [0.5, 0.6) is 0 Å². The smallest absolute Gasteiger partial charge is 0.220 e. The largest absolute Gasteiger partial charge is 0.387 e. The molecule has 1 atom stereocenters. The van der Waals surface area contributed by atoms with Crippen molar-refractivity contribution in [1.29, 1.82) is 0 Å². The van der Waals surface area contributed by atoms with Gasteiger partial charge in [-0.3, -0.25) is 4.79 Å². The van der Waals surface area contributed by atoms with Crippen LogP contribution in [-0.2, 0) is 9.53 Å². The van der Waals surface area contributed by atoms with E-state index in [1.807, 2.05) is 6.92 Å². The van der Waals surface area contributed by atoms with Gasteiger partial charge in [0.1, 0.15) is 0 Å². The van der Waals surface area contributed by atoms with Crippen molar-refractivity contribution in [3.05, 3.63) is 0 Å². The van der Waals surface area contributed by atoms with Gasteiger partial charge in [-0.25, -0.2) is 0 Å². The van der Waals surface area contributed by atoms with Crippen molar-refractivity contribution in [3.8, 4) is 0 Å². The van der Waals surface area contributed by atoms with Crippen molar-refractivity contribution >= 4 is 5.91 Å². The van der Waals surface area contributed by atoms with Gasteiger partial charge in [0, 0.05) is 32.7 Å². The van der Waals surface area contributed by atoms with Gasteiger partial charge in [-0.15, -0.1) is 0 Å². The molecule has 0 bridgehead atoms. The maximum atomic E-state index is 11.4. The number of β-amino-alcohol motifs (C(OH)–C–C–N with tert-alkyl or cyclic N) is 1. The van der Waals surface area contributed by atoms with Gasteiger partial charge in [-0.1, -0.05) is 0 Å². The van der Waals surface area contributed by atoms with Crippen LogP contribution in [0.4, 0.5) is 0 Å². The maximum absolute atomic E-state index is 11.4. The van der Waals surface area contributed by atoms with Crippen molar-refractivity contribution in [2.24, 2.45) is 0 Å². The molecule has 1 aliphatic heterocycles. The summed E-state index contributed by atoms with van der Waals surface area (Å²) < 4.78 is 5.14. The van der Waals surface area contributed by atoms with E-state index < -0.39 is 5.60 Å². The molecule has 0 radical (unpaired) electrons. The Kier molecular flexibility index (Phi) is 5.73. The molecule has 16 heavy (non-hydrogen) atoms. The second-order valence-corrected chi connectivity index (χ2v) is 4.23. The van der Waals surface area contributed by atoms with E-state index in [9.17, 15) is 9.90 Å². The van der Waals surface area contributed by atoms with Crippen LogP contribution >= 0.6 is 0 Å². The van der Waals surface area contributed by atoms with Crippen molar-refractivity contribution in [1.82, 2.24) is 10.6 Å². The number of aliphatic hydroxyl groups is 1. The summed E-state index contributed by atoms with van der Waals surface area (Å²) in [5, 5.41) is 15.8. The van der Waals surface area contributed by atoms with E-state index in [2.05, 4.69) is 10.6 Å². The lowest BCUT2D eigenvalue weighted by atomic mass is 10.0. The third-order valence-corrected chi connectivity index (χ3v) is 2.73. The Labute approximate surface area is 96.6 Å². The summed E-state index contributed by atoms with van der Waals surface area (Å²) in [6, 6.07) is 0. The summed E-state index contributed by atoms with van der Waals surface area (Å²) in [5.41, 5.74) is -0.754. The first-order valence-electron chi connectivity index (χ1n) is 5.94. The van der Waals surface area contributed by atoms with Crippen LogP contribution < -0.4 is 10.6 Å². The summed E-state index contributed by atoms with van der Waals surface area (Å²) in [5.74, 6) is -0.0139. The molecule has 5 nitrogen and oxygen atoms in total. The molecular formula is C11H22N2O3. The molecule has 1 aliphatic rings. The van der Waals surface area contributed by atoms with Crippen molar-refractivity contribution in [2.45, 2.75) is 31.8 Å². The Morgan fingerprint density at radius 2 is 2.44 bits per heavy atom. The topological polar surface area (TPSA) is 70.6 Å². The van der Waals surface area contributed by atoms with Gasteiger partial charge in [0.05, 0.1) is 5.60 Å². The SMILES string of the molecule is CCOCCCC(=O)NCC1(O)CCNC1. The fourth-order valence-electron chi connectivity index (χ4n) is 1.71. The average molecular weight is 230 g/mol. The molecule has 0 aromatic heterocycles. The van der Waals surface area contributed by atoms with Gasteiger partial charge >= 0.3 is 0 Å². The van der Waals surface area contributed by atoms with Crippen molar-refractivity contribution in [3.63, 3.8) is 0 Å². The summed E-state index contributed by atoms with van der Waals surface area (Å²) in [4.78, 5) is 11.4. The van der Waals surface area contributed by atoms with Crippen LogP contribution in [0.2, 0.25) is 0 Å². The van der Waals surface area contributed by atoms with Crippen LogP contribution in [-0.4, -0.2) is 49.5 Å². The number of ether oxygens (including phenoxy) is 1. The van der Waals surface area contributed by atoms with Crippen LogP contribution in [0, 0.1) is 0 Å². The first-order chi connectivity index (χ1) is 7.66. The second kappa shape index (κ2) is 6.83. The molecule has 0 saturated carbocycles. The highest BCUT2D eigenvalue weighted by Crippen LogP contribution is 2.12. The molecule has 5 heteroatoms. The van der Waals surface area contributed by atoms with Gasteiger partial charge in [-0.2, -0.15) is 0 Å². The molecule has 0 spiro atoms. The van der Waals surface area contributed by atoms with Crippen LogP contribution in [0.3, 0.4) is 0 Å². The molecule has 0 aromatic carbocycles. The molecule has 1 fully saturated rings. The Hall–Kier alpha value is -0.650. The summed E-state index contributed by atoms with van der Waals surface area (Å²) in [6.45, 7) is 4.96. The second-order valence-electron chi connectivity index (χ2n) is 4.23. The number of nitrogens with one attached hydrogen (secondary N) is 2. The van der Waals surface area contributed by atoms with E-state index in [-0.39, 0.29) is 5.91 Å². The molecule has 94 valence electrons. The van der Waals surface area contributed by atoms with Crippen molar-refractivity contribution in [2.75, 3.05) is 32.8 Å². The van der Waals surface area contributed by atoms with Gasteiger partial charge in [0.2, 0.25) is 5.91 Å². The van der Waals surface area contributed by atoms with Crippen molar-refractivity contribution < 1.29 is 14.6 Å².